The molecule has 1 saturated heterocycles. The Morgan fingerprint density at radius 1 is 1.36 bits per heavy atom. The molecule has 2 aliphatic rings. The van der Waals surface area contributed by atoms with Gasteiger partial charge in [-0.25, -0.2) is 4.98 Å². The number of aromatic amines is 1. The Morgan fingerprint density at radius 3 is 2.96 bits per heavy atom. The van der Waals surface area contributed by atoms with E-state index < -0.39 is 0 Å². The second-order valence-electron chi connectivity index (χ2n) is 7.16. The third-order valence-corrected chi connectivity index (χ3v) is 5.54. The number of aromatic nitrogens is 4. The van der Waals surface area contributed by atoms with Crippen LogP contribution in [0.25, 0.3) is 0 Å². The molecule has 2 aromatic rings. The lowest BCUT2D eigenvalue weighted by Gasteiger charge is -2.25. The number of nitrogens with one attached hydrogen (secondary N) is 1. The molecule has 0 radical (unpaired) electrons. The summed E-state index contributed by atoms with van der Waals surface area (Å²) in [5.74, 6) is 1.42. The van der Waals surface area contributed by atoms with Crippen molar-refractivity contribution in [2.24, 2.45) is 5.92 Å². The fourth-order valence-electron chi connectivity index (χ4n) is 4.18. The van der Waals surface area contributed by atoms with E-state index in [1.54, 1.807) is 6.20 Å². The summed E-state index contributed by atoms with van der Waals surface area (Å²) in [6.45, 7) is 5.86. The molecule has 2 atom stereocenters. The zero-order chi connectivity index (χ0) is 17.6. The molecule has 2 aromatic heterocycles. The predicted molar refractivity (Wildman–Crippen MR) is 92.3 cm³/mol. The maximum atomic E-state index is 12.6. The number of likely N-dealkylation sites (tertiary alicyclic amines) is 1. The molecule has 0 bridgehead atoms. The zero-order valence-corrected chi connectivity index (χ0v) is 14.7. The Labute approximate surface area is 146 Å². The number of carbonyl (C=O) groups excluding carboxylic acids is 1. The summed E-state index contributed by atoms with van der Waals surface area (Å²) in [6.07, 6.45) is 3.92. The van der Waals surface area contributed by atoms with Gasteiger partial charge in [0.05, 0.1) is 5.69 Å². The van der Waals surface area contributed by atoms with Crippen molar-refractivity contribution >= 4 is 5.91 Å². The Morgan fingerprint density at radius 2 is 2.20 bits per heavy atom. The first-order chi connectivity index (χ1) is 12.0. The molecule has 7 heteroatoms. The molecule has 1 N–H and O–H groups in total. The number of carbonyl (C=O) groups is 1. The average molecular weight is 341 g/mol. The van der Waals surface area contributed by atoms with E-state index in [4.69, 9.17) is 0 Å². The van der Waals surface area contributed by atoms with Crippen molar-refractivity contribution in [2.45, 2.75) is 45.6 Å². The highest BCUT2D eigenvalue weighted by atomic mass is 16.2. The van der Waals surface area contributed by atoms with Gasteiger partial charge in [-0.15, -0.1) is 0 Å². The van der Waals surface area contributed by atoms with Crippen molar-refractivity contribution in [2.75, 3.05) is 13.1 Å². The number of rotatable bonds is 3. The van der Waals surface area contributed by atoms with E-state index in [1.165, 1.54) is 0 Å². The number of fused-ring (bicyclic) bond motifs is 3. The monoisotopic (exact) mass is 341 g/mol. The van der Waals surface area contributed by atoms with Gasteiger partial charge in [0, 0.05) is 49.4 Å². The molecular formula is C18H23N5O2. The van der Waals surface area contributed by atoms with Crippen molar-refractivity contribution in [3.8, 4) is 0 Å². The third-order valence-electron chi connectivity index (χ3n) is 5.54. The van der Waals surface area contributed by atoms with E-state index in [0.717, 1.165) is 36.3 Å². The maximum Gasteiger partial charge on any atom is 0.254 e. The predicted octanol–water partition coefficient (Wildman–Crippen LogP) is 1.16. The largest absolute Gasteiger partial charge is 0.342 e. The van der Waals surface area contributed by atoms with E-state index in [2.05, 4.69) is 15.1 Å². The van der Waals surface area contributed by atoms with Crippen molar-refractivity contribution in [3.63, 3.8) is 0 Å². The van der Waals surface area contributed by atoms with Gasteiger partial charge in [-0.05, 0) is 38.7 Å². The van der Waals surface area contributed by atoms with Gasteiger partial charge < -0.3 is 9.88 Å². The minimum Gasteiger partial charge on any atom is -0.342 e. The molecule has 3 heterocycles. The Hall–Kier alpha value is -2.44. The summed E-state index contributed by atoms with van der Waals surface area (Å²) in [5, 5.41) is 4.23. The van der Waals surface area contributed by atoms with E-state index in [1.807, 2.05) is 29.5 Å². The fraction of sp³-hybridized carbons (Fsp3) is 0.556. The number of amides is 1. The van der Waals surface area contributed by atoms with Crippen LogP contribution in [0.4, 0.5) is 0 Å². The first-order valence-electron chi connectivity index (χ1n) is 8.89. The topological polar surface area (TPSA) is 83.9 Å². The van der Waals surface area contributed by atoms with E-state index in [-0.39, 0.29) is 17.4 Å². The van der Waals surface area contributed by atoms with E-state index in [0.29, 0.717) is 31.3 Å². The van der Waals surface area contributed by atoms with Gasteiger partial charge in [0.2, 0.25) is 5.91 Å². The van der Waals surface area contributed by atoms with Gasteiger partial charge in [0.1, 0.15) is 5.82 Å². The fourth-order valence-corrected chi connectivity index (χ4v) is 4.18. The number of H-pyrrole nitrogens is 1. The van der Waals surface area contributed by atoms with Crippen molar-refractivity contribution < 1.29 is 4.79 Å². The third kappa shape index (κ3) is 2.88. The Balaban J connectivity index is 1.48. The molecule has 7 nitrogen and oxygen atoms in total. The molecule has 25 heavy (non-hydrogen) atoms. The van der Waals surface area contributed by atoms with Gasteiger partial charge in [0.15, 0.2) is 0 Å². The summed E-state index contributed by atoms with van der Waals surface area (Å²) in [7, 11) is 0. The van der Waals surface area contributed by atoms with Crippen LogP contribution in [0, 0.1) is 19.8 Å². The molecule has 0 saturated carbocycles. The van der Waals surface area contributed by atoms with Gasteiger partial charge in [-0.3, -0.25) is 14.3 Å². The van der Waals surface area contributed by atoms with E-state index in [9.17, 15) is 9.59 Å². The number of hydrogen-bond acceptors (Lipinski definition) is 4. The number of aryl methyl sites for hydroxylation is 3. The summed E-state index contributed by atoms with van der Waals surface area (Å²) >= 11 is 0. The highest BCUT2D eigenvalue weighted by Crippen LogP contribution is 2.39. The van der Waals surface area contributed by atoms with Gasteiger partial charge in [-0.2, -0.15) is 5.10 Å². The van der Waals surface area contributed by atoms with Crippen LogP contribution in [0.3, 0.4) is 0 Å². The molecular weight excluding hydrogens is 318 g/mol. The summed E-state index contributed by atoms with van der Waals surface area (Å²) < 4.78 is 1.86. The molecule has 1 fully saturated rings. The Bertz CT molecular complexity index is 869. The second-order valence-corrected chi connectivity index (χ2v) is 7.16. The normalized spacial score (nSPS) is 21.9. The molecule has 1 aliphatic carbocycles. The second kappa shape index (κ2) is 6.13. The summed E-state index contributed by atoms with van der Waals surface area (Å²) in [5.41, 5.74) is 2.78. The summed E-state index contributed by atoms with van der Waals surface area (Å²) in [6, 6.07) is 1.94. The molecule has 1 amide bonds. The Kier molecular flexibility index (Phi) is 3.94. The van der Waals surface area contributed by atoms with Crippen LogP contribution in [0.1, 0.15) is 41.5 Å². The molecule has 0 spiro atoms. The number of hydrogen-bond donors (Lipinski definition) is 1. The molecule has 1 aliphatic heterocycles. The van der Waals surface area contributed by atoms with Crippen LogP contribution in [0.2, 0.25) is 0 Å². The van der Waals surface area contributed by atoms with Gasteiger partial charge in [0.25, 0.3) is 5.56 Å². The van der Waals surface area contributed by atoms with Crippen LogP contribution in [0.5, 0.6) is 0 Å². The quantitative estimate of drug-likeness (QED) is 0.908. The molecule has 132 valence electrons. The first-order valence-corrected chi connectivity index (χ1v) is 8.89. The minimum absolute atomic E-state index is 0.0140. The molecule has 4 rings (SSSR count). The first kappa shape index (κ1) is 16.1. The maximum absolute atomic E-state index is 12.6. The van der Waals surface area contributed by atoms with Crippen molar-refractivity contribution in [3.05, 3.63) is 45.4 Å². The van der Waals surface area contributed by atoms with Crippen LogP contribution in [0.15, 0.2) is 17.1 Å². The standard InChI is InChI=1S/C18H23N5O2/c1-11-5-7-19-23(11)8-6-16(24)22-9-13-3-4-14-17(15(13)10-22)20-12(2)21-18(14)25/h5,7,13,15H,3-4,6,8-10H2,1-2H3,(H,20,21,25)/t13-,15+/m1/s1. The lowest BCUT2D eigenvalue weighted by atomic mass is 9.80. The van der Waals surface area contributed by atoms with Crippen LogP contribution in [-0.4, -0.2) is 43.6 Å². The van der Waals surface area contributed by atoms with Gasteiger partial charge >= 0.3 is 0 Å². The van der Waals surface area contributed by atoms with E-state index >= 15 is 0 Å². The average Bonchev–Trinajstić information content (AvgIpc) is 3.18. The molecule has 0 unspecified atom stereocenters. The molecule has 0 aromatic carbocycles. The van der Waals surface area contributed by atoms with Crippen molar-refractivity contribution in [1.82, 2.24) is 24.6 Å². The van der Waals surface area contributed by atoms with Gasteiger partial charge in [-0.1, -0.05) is 0 Å². The van der Waals surface area contributed by atoms with Crippen LogP contribution < -0.4 is 5.56 Å². The number of nitrogens with zero attached hydrogens (tertiary/aromatic N) is 4. The van der Waals surface area contributed by atoms with Crippen LogP contribution >= 0.6 is 0 Å². The minimum atomic E-state index is -0.0140. The lowest BCUT2D eigenvalue weighted by molar-refractivity contribution is -0.130. The highest BCUT2D eigenvalue weighted by Gasteiger charge is 2.40. The zero-order valence-electron chi connectivity index (χ0n) is 14.7. The SMILES string of the molecule is Cc1nc2c(c(=O)[nH]1)CC[C@@H]1CN(C(=O)CCn3nccc3C)C[C@H]21. The summed E-state index contributed by atoms with van der Waals surface area (Å²) in [4.78, 5) is 34.2. The van der Waals surface area contributed by atoms with Crippen LogP contribution in [-0.2, 0) is 17.8 Å². The van der Waals surface area contributed by atoms with Crippen molar-refractivity contribution in [1.29, 1.82) is 0 Å². The smallest absolute Gasteiger partial charge is 0.254 e. The highest BCUT2D eigenvalue weighted by molar-refractivity contribution is 5.76. The lowest BCUT2D eigenvalue weighted by Crippen LogP contribution is -2.30.